The molecule has 3 saturated carbocycles. The number of hydrogen-bond acceptors (Lipinski definition) is 3. The summed E-state index contributed by atoms with van der Waals surface area (Å²) < 4.78 is 6.05. The highest BCUT2D eigenvalue weighted by Gasteiger charge is 2.54. The predicted octanol–water partition coefficient (Wildman–Crippen LogP) is 1.92. The molecule has 0 aliphatic heterocycles. The summed E-state index contributed by atoms with van der Waals surface area (Å²) in [5.41, 5.74) is -0.350. The normalized spacial score (nSPS) is 43.8. The molecule has 0 aromatic carbocycles. The molecule has 1 N–H and O–H groups in total. The number of ether oxygens (including phenoxy) is 1. The monoisotopic (exact) mass is 226 g/mol. The van der Waals surface area contributed by atoms with E-state index < -0.39 is 6.10 Å². The van der Waals surface area contributed by atoms with E-state index >= 15 is 0 Å². The first-order valence-corrected chi connectivity index (χ1v) is 6.10. The van der Waals surface area contributed by atoms with E-state index in [1.165, 1.54) is 0 Å². The number of fused-ring (bicyclic) bond motifs is 3. The van der Waals surface area contributed by atoms with E-state index in [1.54, 1.807) is 0 Å². The van der Waals surface area contributed by atoms with E-state index in [1.807, 2.05) is 20.8 Å². The van der Waals surface area contributed by atoms with E-state index in [0.717, 1.165) is 0 Å². The molecule has 0 amide bonds. The summed E-state index contributed by atoms with van der Waals surface area (Å²) in [6.07, 6.45) is 1.61. The third-order valence-corrected chi connectivity index (χ3v) is 3.87. The summed E-state index contributed by atoms with van der Waals surface area (Å²) in [5, 5.41) is 9.87. The molecule has 0 radical (unpaired) electrons. The zero-order chi connectivity index (χ0) is 12.1. The van der Waals surface area contributed by atoms with Crippen molar-refractivity contribution < 1.29 is 14.6 Å². The molecular weight excluding hydrogens is 204 g/mol. The van der Waals surface area contributed by atoms with Crippen molar-refractivity contribution in [3.8, 4) is 0 Å². The molecule has 3 fully saturated rings. The summed E-state index contributed by atoms with van der Waals surface area (Å²) in [4.78, 5) is 11.8. The Bertz CT molecular complexity index is 305. The second kappa shape index (κ2) is 3.54. The first-order valence-electron chi connectivity index (χ1n) is 6.10. The number of ketones is 1. The zero-order valence-corrected chi connectivity index (χ0v) is 10.6. The summed E-state index contributed by atoms with van der Waals surface area (Å²) >= 11 is 0. The summed E-state index contributed by atoms with van der Waals surface area (Å²) in [6.45, 7) is 8.19. The fourth-order valence-corrected chi connectivity index (χ4v) is 3.10. The van der Waals surface area contributed by atoms with Gasteiger partial charge in [-0.15, -0.1) is 0 Å². The maximum atomic E-state index is 11.8. The highest BCUT2D eigenvalue weighted by Crippen LogP contribution is 2.50. The largest absolute Gasteiger partial charge is 0.392 e. The van der Waals surface area contributed by atoms with Crippen LogP contribution in [-0.4, -0.2) is 28.7 Å². The highest BCUT2D eigenvalue weighted by atomic mass is 16.5. The van der Waals surface area contributed by atoms with Gasteiger partial charge in [0.2, 0.25) is 0 Å². The zero-order valence-electron chi connectivity index (χ0n) is 10.6. The van der Waals surface area contributed by atoms with Gasteiger partial charge in [-0.1, -0.05) is 6.92 Å². The molecule has 0 heterocycles. The summed E-state index contributed by atoms with van der Waals surface area (Å²) in [6, 6.07) is 0. The Morgan fingerprint density at radius 3 is 2.50 bits per heavy atom. The van der Waals surface area contributed by atoms with Crippen molar-refractivity contribution >= 4 is 5.78 Å². The molecule has 2 bridgehead atoms. The van der Waals surface area contributed by atoms with Crippen LogP contribution in [0.15, 0.2) is 0 Å². The molecule has 92 valence electrons. The van der Waals surface area contributed by atoms with Crippen LogP contribution in [0.4, 0.5) is 0 Å². The van der Waals surface area contributed by atoms with Crippen molar-refractivity contribution in [2.45, 2.75) is 64.8 Å². The average Bonchev–Trinajstić information content (AvgIpc) is 2.04. The van der Waals surface area contributed by atoms with Crippen LogP contribution in [0.25, 0.3) is 0 Å². The third kappa shape index (κ3) is 2.03. The van der Waals surface area contributed by atoms with Crippen LogP contribution in [-0.2, 0) is 9.53 Å². The fraction of sp³-hybridized carbons (Fsp3) is 0.923. The molecule has 0 aromatic rings. The van der Waals surface area contributed by atoms with E-state index in [9.17, 15) is 9.90 Å². The molecule has 4 atom stereocenters. The topological polar surface area (TPSA) is 46.5 Å². The van der Waals surface area contributed by atoms with Gasteiger partial charge in [-0.05, 0) is 33.6 Å². The van der Waals surface area contributed by atoms with Gasteiger partial charge in [-0.3, -0.25) is 4.79 Å². The van der Waals surface area contributed by atoms with Gasteiger partial charge < -0.3 is 9.84 Å². The summed E-state index contributed by atoms with van der Waals surface area (Å²) in [5.74, 6) is 0.0317. The van der Waals surface area contributed by atoms with Crippen molar-refractivity contribution in [3.63, 3.8) is 0 Å². The van der Waals surface area contributed by atoms with E-state index in [4.69, 9.17) is 4.74 Å². The highest BCUT2D eigenvalue weighted by molar-refractivity contribution is 5.84. The first kappa shape index (κ1) is 12.1. The molecule has 3 aliphatic rings. The number of hydrogen-bond donors (Lipinski definition) is 1. The van der Waals surface area contributed by atoms with E-state index in [2.05, 4.69) is 6.92 Å². The molecule has 0 spiro atoms. The number of rotatable bonds is 1. The van der Waals surface area contributed by atoms with Gasteiger partial charge in [0.15, 0.2) is 0 Å². The van der Waals surface area contributed by atoms with Gasteiger partial charge in [0.1, 0.15) is 5.78 Å². The number of carbonyl (C=O) groups excluding carboxylic acids is 1. The second-order valence-corrected chi connectivity index (χ2v) is 6.63. The number of Topliss-reactive ketones (excluding diaryl/α,β-unsaturated/α-hetero) is 1. The molecule has 3 heteroatoms. The van der Waals surface area contributed by atoms with Gasteiger partial charge in [0.25, 0.3) is 0 Å². The van der Waals surface area contributed by atoms with Gasteiger partial charge >= 0.3 is 0 Å². The average molecular weight is 226 g/mol. The smallest absolute Gasteiger partial charge is 0.139 e. The van der Waals surface area contributed by atoms with Crippen molar-refractivity contribution in [3.05, 3.63) is 0 Å². The van der Waals surface area contributed by atoms with Crippen LogP contribution in [0, 0.1) is 11.3 Å². The van der Waals surface area contributed by atoms with Gasteiger partial charge in [0.05, 0.1) is 17.8 Å². The van der Waals surface area contributed by atoms with Crippen LogP contribution in [0.5, 0.6) is 0 Å². The quantitative estimate of drug-likeness (QED) is 0.743. The standard InChI is InChI=1S/C13H22O3/c1-12(2,3)16-11-5-8-9(14)6-13(11,4)7-10(8)15/h8-9,11,14H,5-7H2,1-4H3/t8?,9-,11-,13?/m0/s1. The molecule has 0 aromatic heterocycles. The Balaban J connectivity index is 2.17. The number of aliphatic hydroxyl groups excluding tert-OH is 1. The maximum Gasteiger partial charge on any atom is 0.139 e. The van der Waals surface area contributed by atoms with E-state index in [0.29, 0.717) is 19.3 Å². The van der Waals surface area contributed by atoms with Crippen LogP contribution in [0.2, 0.25) is 0 Å². The third-order valence-electron chi connectivity index (χ3n) is 3.87. The van der Waals surface area contributed by atoms with Crippen LogP contribution in [0.3, 0.4) is 0 Å². The lowest BCUT2D eigenvalue weighted by molar-refractivity contribution is -0.190. The minimum Gasteiger partial charge on any atom is -0.392 e. The Labute approximate surface area is 97.2 Å². The minimum absolute atomic E-state index is 0.110. The minimum atomic E-state index is -0.453. The van der Waals surface area contributed by atoms with Gasteiger partial charge in [0, 0.05) is 17.8 Å². The molecule has 2 unspecified atom stereocenters. The van der Waals surface area contributed by atoms with Crippen molar-refractivity contribution in [2.24, 2.45) is 11.3 Å². The molecule has 3 nitrogen and oxygen atoms in total. The van der Waals surface area contributed by atoms with Crippen molar-refractivity contribution in [2.75, 3.05) is 0 Å². The molecule has 3 rings (SSSR count). The Morgan fingerprint density at radius 2 is 2.06 bits per heavy atom. The number of carbonyl (C=O) groups is 1. The predicted molar refractivity (Wildman–Crippen MR) is 61.1 cm³/mol. The van der Waals surface area contributed by atoms with E-state index in [-0.39, 0.29) is 28.8 Å². The molecular formula is C13H22O3. The Hall–Kier alpha value is -0.410. The first-order chi connectivity index (χ1) is 7.21. The SMILES string of the molecule is CC(C)(C)O[C@H]1CC2C(=O)CC1(C)C[C@@H]2O. The maximum absolute atomic E-state index is 11.8. The second-order valence-electron chi connectivity index (χ2n) is 6.63. The lowest BCUT2D eigenvalue weighted by atomic mass is 9.58. The number of aliphatic hydroxyl groups is 1. The van der Waals surface area contributed by atoms with Gasteiger partial charge in [-0.2, -0.15) is 0 Å². The Kier molecular flexibility index (Phi) is 2.67. The van der Waals surface area contributed by atoms with Crippen molar-refractivity contribution in [1.29, 1.82) is 0 Å². The fourth-order valence-electron chi connectivity index (χ4n) is 3.10. The summed E-state index contributed by atoms with van der Waals surface area (Å²) in [7, 11) is 0. The Morgan fingerprint density at radius 1 is 1.44 bits per heavy atom. The van der Waals surface area contributed by atoms with Gasteiger partial charge in [-0.25, -0.2) is 0 Å². The lowest BCUT2D eigenvalue weighted by Crippen LogP contribution is -2.57. The molecule has 3 aliphatic carbocycles. The van der Waals surface area contributed by atoms with Crippen LogP contribution < -0.4 is 0 Å². The van der Waals surface area contributed by atoms with Crippen LogP contribution >= 0.6 is 0 Å². The lowest BCUT2D eigenvalue weighted by Gasteiger charge is -2.52. The van der Waals surface area contributed by atoms with Crippen molar-refractivity contribution in [1.82, 2.24) is 0 Å². The molecule has 0 saturated heterocycles. The molecule has 16 heavy (non-hydrogen) atoms. The van der Waals surface area contributed by atoms with Crippen LogP contribution in [0.1, 0.15) is 47.0 Å².